The molecule has 2 N–H and O–H groups in total. The minimum atomic E-state index is -0.769. The number of aliphatic carboxylic acids is 1. The quantitative estimate of drug-likeness (QED) is 0.867. The van der Waals surface area contributed by atoms with Gasteiger partial charge in [0.1, 0.15) is 5.92 Å². The maximum absolute atomic E-state index is 11.1. The summed E-state index contributed by atoms with van der Waals surface area (Å²) >= 11 is 1.57. The molecule has 100 valence electrons. The number of hydrogen-bond acceptors (Lipinski definition) is 5. The van der Waals surface area contributed by atoms with E-state index in [0.29, 0.717) is 6.42 Å². The number of nitrogens with zero attached hydrogens (tertiary/aromatic N) is 3. The van der Waals surface area contributed by atoms with Crippen molar-refractivity contribution >= 4 is 22.4 Å². The second-order valence-electron chi connectivity index (χ2n) is 4.48. The van der Waals surface area contributed by atoms with E-state index in [-0.39, 0.29) is 0 Å². The minimum absolute atomic E-state index is 0.421. The molecule has 0 fully saturated rings. The molecule has 0 aromatic carbocycles. The molecule has 1 aliphatic carbocycles. The summed E-state index contributed by atoms with van der Waals surface area (Å²) in [5, 5.41) is 13.2. The van der Waals surface area contributed by atoms with Gasteiger partial charge in [-0.3, -0.25) is 4.79 Å². The zero-order valence-electron chi connectivity index (χ0n) is 10.2. The van der Waals surface area contributed by atoms with Crippen molar-refractivity contribution in [1.29, 1.82) is 0 Å². The largest absolute Gasteiger partial charge is 0.481 e. The van der Waals surface area contributed by atoms with Gasteiger partial charge in [-0.25, -0.2) is 9.97 Å². The van der Waals surface area contributed by atoms with Crippen LogP contribution in [0.1, 0.15) is 22.9 Å². The van der Waals surface area contributed by atoms with Crippen LogP contribution in [0.25, 0.3) is 0 Å². The van der Waals surface area contributed by atoms with E-state index < -0.39 is 11.9 Å². The lowest BCUT2D eigenvalue weighted by Crippen LogP contribution is -2.11. The van der Waals surface area contributed by atoms with E-state index >= 15 is 0 Å². The number of carboxylic acids is 1. The topological polar surface area (TPSA) is 80.0 Å². The number of anilines is 1. The zero-order chi connectivity index (χ0) is 13.2. The molecule has 0 spiro atoms. The second-order valence-corrected chi connectivity index (χ2v) is 5.57. The fourth-order valence-corrected chi connectivity index (χ4v) is 3.32. The number of carboxylic acid groups (broad SMARTS) is 1. The van der Waals surface area contributed by atoms with Crippen molar-refractivity contribution in [3.8, 4) is 0 Å². The van der Waals surface area contributed by atoms with Crippen LogP contribution in [0, 0.1) is 0 Å². The first kappa shape index (κ1) is 12.2. The number of fused-ring (bicyclic) bond motifs is 1. The van der Waals surface area contributed by atoms with Gasteiger partial charge in [0.05, 0.1) is 12.0 Å². The molecule has 0 radical (unpaired) electrons. The van der Waals surface area contributed by atoms with Crippen LogP contribution in [-0.2, 0) is 17.8 Å². The van der Waals surface area contributed by atoms with E-state index in [1.165, 1.54) is 0 Å². The van der Waals surface area contributed by atoms with Gasteiger partial charge in [-0.1, -0.05) is 0 Å². The molecule has 2 heterocycles. The molecule has 0 saturated heterocycles. The summed E-state index contributed by atoms with van der Waals surface area (Å²) in [7, 11) is 0. The minimum Gasteiger partial charge on any atom is -0.481 e. The Morgan fingerprint density at radius 1 is 1.63 bits per heavy atom. The number of hydrogen-bond donors (Lipinski definition) is 2. The lowest BCUT2D eigenvalue weighted by atomic mass is 10.1. The van der Waals surface area contributed by atoms with E-state index in [9.17, 15) is 4.79 Å². The van der Waals surface area contributed by atoms with Crippen molar-refractivity contribution in [2.45, 2.75) is 25.3 Å². The zero-order valence-corrected chi connectivity index (χ0v) is 11.1. The third-order valence-corrected chi connectivity index (χ3v) is 4.31. The molecule has 2 aromatic heterocycles. The van der Waals surface area contributed by atoms with Gasteiger partial charge in [0.25, 0.3) is 0 Å². The Labute approximate surface area is 114 Å². The first-order chi connectivity index (χ1) is 9.24. The average molecular weight is 278 g/mol. The second kappa shape index (κ2) is 5.00. The summed E-state index contributed by atoms with van der Waals surface area (Å²) in [4.78, 5) is 20.6. The number of aryl methyl sites for hydroxylation is 1. The molecule has 1 aliphatic rings. The normalized spacial score (nSPS) is 17.4. The van der Waals surface area contributed by atoms with Crippen LogP contribution >= 0.6 is 11.3 Å². The number of imidazole rings is 1. The summed E-state index contributed by atoms with van der Waals surface area (Å²) in [6.45, 7) is 1.56. The third kappa shape index (κ3) is 2.46. The Balaban J connectivity index is 1.61. The van der Waals surface area contributed by atoms with Crippen molar-refractivity contribution in [2.24, 2.45) is 0 Å². The molecule has 0 bridgehead atoms. The first-order valence-corrected chi connectivity index (χ1v) is 6.97. The van der Waals surface area contributed by atoms with Crippen molar-refractivity contribution in [1.82, 2.24) is 14.5 Å². The lowest BCUT2D eigenvalue weighted by Gasteiger charge is -2.04. The van der Waals surface area contributed by atoms with Crippen molar-refractivity contribution < 1.29 is 9.90 Å². The van der Waals surface area contributed by atoms with E-state index in [4.69, 9.17) is 5.11 Å². The fourth-order valence-electron chi connectivity index (χ4n) is 2.25. The number of nitrogens with one attached hydrogen (secondary N) is 1. The van der Waals surface area contributed by atoms with Crippen LogP contribution in [0.5, 0.6) is 0 Å². The van der Waals surface area contributed by atoms with Gasteiger partial charge < -0.3 is 15.0 Å². The third-order valence-electron chi connectivity index (χ3n) is 3.22. The van der Waals surface area contributed by atoms with Gasteiger partial charge in [-0.05, 0) is 12.8 Å². The molecule has 7 heteroatoms. The van der Waals surface area contributed by atoms with Crippen molar-refractivity contribution in [2.75, 3.05) is 11.9 Å². The number of aromatic nitrogens is 3. The Morgan fingerprint density at radius 2 is 2.53 bits per heavy atom. The predicted octanol–water partition coefficient (Wildman–Crippen LogP) is 1.57. The number of thiazole rings is 1. The van der Waals surface area contributed by atoms with Gasteiger partial charge in [-0.2, -0.15) is 0 Å². The Morgan fingerprint density at radius 3 is 3.26 bits per heavy atom. The van der Waals surface area contributed by atoms with Crippen molar-refractivity contribution in [3.63, 3.8) is 0 Å². The molecule has 3 rings (SSSR count). The molecule has 6 nitrogen and oxygen atoms in total. The molecule has 19 heavy (non-hydrogen) atoms. The smallest absolute Gasteiger partial charge is 0.312 e. The van der Waals surface area contributed by atoms with Gasteiger partial charge in [-0.15, -0.1) is 11.3 Å². The molecule has 0 amide bonds. The van der Waals surface area contributed by atoms with Gasteiger partial charge in [0.15, 0.2) is 5.13 Å². The van der Waals surface area contributed by atoms with Crippen LogP contribution < -0.4 is 5.32 Å². The van der Waals surface area contributed by atoms with Crippen LogP contribution in [0.2, 0.25) is 0 Å². The molecule has 1 atom stereocenters. The standard InChI is InChI=1S/C12H14N4O2S/c17-11(18)8-1-2-9-10(8)15-12(19-9)14-4-6-16-5-3-13-7-16/h3,5,7-8H,1-2,4,6H2,(H,14,15)(H,17,18). The highest BCUT2D eigenvalue weighted by Crippen LogP contribution is 2.38. The summed E-state index contributed by atoms with van der Waals surface area (Å²) in [6, 6.07) is 0. The van der Waals surface area contributed by atoms with E-state index in [2.05, 4.69) is 15.3 Å². The molecule has 0 saturated carbocycles. The molecular weight excluding hydrogens is 264 g/mol. The van der Waals surface area contributed by atoms with Crippen LogP contribution in [0.15, 0.2) is 18.7 Å². The fraction of sp³-hybridized carbons (Fsp3) is 0.417. The summed E-state index contributed by atoms with van der Waals surface area (Å²) in [5.74, 6) is -1.19. The Hall–Kier alpha value is -1.89. The first-order valence-electron chi connectivity index (χ1n) is 6.16. The monoisotopic (exact) mass is 278 g/mol. The van der Waals surface area contributed by atoms with Crippen molar-refractivity contribution in [3.05, 3.63) is 29.3 Å². The molecule has 0 aliphatic heterocycles. The summed E-state index contributed by atoms with van der Waals surface area (Å²) in [6.07, 6.45) is 6.93. The maximum atomic E-state index is 11.1. The Kier molecular flexibility index (Phi) is 3.20. The van der Waals surface area contributed by atoms with Crippen LogP contribution in [0.3, 0.4) is 0 Å². The SMILES string of the molecule is O=C(O)C1CCc2sc(NCCn3ccnc3)nc21. The summed E-state index contributed by atoms with van der Waals surface area (Å²) in [5.41, 5.74) is 0.752. The molecule has 2 aromatic rings. The highest BCUT2D eigenvalue weighted by atomic mass is 32.1. The van der Waals surface area contributed by atoms with Crippen LogP contribution in [-0.4, -0.2) is 32.2 Å². The highest BCUT2D eigenvalue weighted by Gasteiger charge is 2.32. The summed E-state index contributed by atoms with van der Waals surface area (Å²) < 4.78 is 1.98. The average Bonchev–Trinajstić information content (AvgIpc) is 3.03. The number of rotatable bonds is 5. The number of carbonyl (C=O) groups is 1. The predicted molar refractivity (Wildman–Crippen MR) is 71.5 cm³/mol. The molecule has 1 unspecified atom stereocenters. The lowest BCUT2D eigenvalue weighted by molar-refractivity contribution is -0.138. The van der Waals surface area contributed by atoms with E-state index in [1.807, 2.05) is 10.8 Å². The van der Waals surface area contributed by atoms with E-state index in [0.717, 1.165) is 35.2 Å². The van der Waals surface area contributed by atoms with E-state index in [1.54, 1.807) is 23.9 Å². The van der Waals surface area contributed by atoms with Crippen LogP contribution in [0.4, 0.5) is 5.13 Å². The highest BCUT2D eigenvalue weighted by molar-refractivity contribution is 7.15. The maximum Gasteiger partial charge on any atom is 0.312 e. The molecular formula is C12H14N4O2S. The van der Waals surface area contributed by atoms with Gasteiger partial charge in [0, 0.05) is 30.4 Å². The Bertz CT molecular complexity index is 579. The van der Waals surface area contributed by atoms with Gasteiger partial charge in [0.2, 0.25) is 0 Å². The van der Waals surface area contributed by atoms with Gasteiger partial charge >= 0.3 is 5.97 Å².